The van der Waals surface area contributed by atoms with Crippen LogP contribution in [0.2, 0.25) is 5.02 Å². The lowest BCUT2D eigenvalue weighted by atomic mass is 10.0. The molecule has 1 heterocycles. The minimum atomic E-state index is -4.64. The predicted octanol–water partition coefficient (Wildman–Crippen LogP) is 4.53. The number of benzene rings is 2. The second-order valence-corrected chi connectivity index (χ2v) is 8.83. The number of halogens is 5. The van der Waals surface area contributed by atoms with Crippen LogP contribution < -0.4 is 11.1 Å². The van der Waals surface area contributed by atoms with Gasteiger partial charge in [0.1, 0.15) is 5.82 Å². The van der Waals surface area contributed by atoms with Crippen molar-refractivity contribution in [2.75, 3.05) is 6.54 Å². The van der Waals surface area contributed by atoms with Crippen LogP contribution in [0.3, 0.4) is 0 Å². The fraction of sp³-hybridized carbons (Fsp3) is 0.286. The topological polar surface area (TPSA) is 84.6 Å². The highest BCUT2D eigenvalue weighted by Crippen LogP contribution is 2.42. The van der Waals surface area contributed by atoms with E-state index in [0.29, 0.717) is 11.1 Å². The van der Waals surface area contributed by atoms with Crippen molar-refractivity contribution in [3.8, 4) is 0 Å². The molecule has 1 aliphatic heterocycles. The van der Waals surface area contributed by atoms with Gasteiger partial charge in [0.2, 0.25) is 5.91 Å². The number of nitrogens with one attached hydrogen (secondary N) is 1. The number of alkyl halides is 3. The summed E-state index contributed by atoms with van der Waals surface area (Å²) in [5, 5.41) is 2.92. The number of hydrogen-bond donors (Lipinski definition) is 2. The van der Waals surface area contributed by atoms with Crippen LogP contribution in [0.5, 0.6) is 0 Å². The van der Waals surface area contributed by atoms with E-state index in [9.17, 15) is 27.2 Å². The summed E-state index contributed by atoms with van der Waals surface area (Å²) in [6, 6.07) is 7.05. The lowest BCUT2D eigenvalue weighted by Crippen LogP contribution is -2.33. The molecule has 0 radical (unpaired) electrons. The highest BCUT2D eigenvalue weighted by molar-refractivity contribution is 8.14. The minimum Gasteiger partial charge on any atom is -0.368 e. The molecule has 0 saturated heterocycles. The van der Waals surface area contributed by atoms with Gasteiger partial charge in [-0.25, -0.2) is 4.39 Å². The molecule has 2 unspecified atom stereocenters. The number of nitrogens with zero attached hydrogens (tertiary/aromatic N) is 1. The van der Waals surface area contributed by atoms with Crippen LogP contribution in [0.25, 0.3) is 0 Å². The van der Waals surface area contributed by atoms with Crippen LogP contribution in [0.1, 0.15) is 39.2 Å². The smallest absolute Gasteiger partial charge is 0.368 e. The number of carbonyl (C=O) groups excluding carboxylic acids is 2. The molecule has 170 valence electrons. The highest BCUT2D eigenvalue weighted by atomic mass is 35.5. The summed E-state index contributed by atoms with van der Waals surface area (Å²) in [4.78, 5) is 27.4. The number of thioether (sulfide) groups is 1. The predicted molar refractivity (Wildman–Crippen MR) is 115 cm³/mol. The largest absolute Gasteiger partial charge is 0.416 e. The van der Waals surface area contributed by atoms with Gasteiger partial charge in [-0.05, 0) is 48.4 Å². The summed E-state index contributed by atoms with van der Waals surface area (Å²) < 4.78 is 52.5. The molecule has 0 fully saturated rings. The molecular weight excluding hydrogens is 470 g/mol. The van der Waals surface area contributed by atoms with Crippen molar-refractivity contribution in [3.63, 3.8) is 0 Å². The maximum absolute atomic E-state index is 13.7. The van der Waals surface area contributed by atoms with Crippen LogP contribution in [-0.4, -0.2) is 29.4 Å². The average molecular weight is 488 g/mol. The van der Waals surface area contributed by atoms with Crippen molar-refractivity contribution in [2.24, 2.45) is 10.7 Å². The quantitative estimate of drug-likeness (QED) is 0.587. The molecule has 2 atom stereocenters. The van der Waals surface area contributed by atoms with Crippen molar-refractivity contribution in [3.05, 3.63) is 69.5 Å². The Bertz CT molecular complexity index is 1090. The Labute approximate surface area is 190 Å². The number of aliphatic imine (C=N–C) groups is 1. The summed E-state index contributed by atoms with van der Waals surface area (Å²) in [5.41, 5.74) is 5.08. The van der Waals surface area contributed by atoms with Gasteiger partial charge in [0.25, 0.3) is 5.91 Å². The molecule has 2 aromatic rings. The van der Waals surface area contributed by atoms with E-state index in [4.69, 9.17) is 17.3 Å². The molecule has 32 heavy (non-hydrogen) atoms. The fourth-order valence-electron chi connectivity index (χ4n) is 3.25. The third-order valence-electron chi connectivity index (χ3n) is 4.68. The summed E-state index contributed by atoms with van der Waals surface area (Å²) >= 11 is 7.59. The van der Waals surface area contributed by atoms with Gasteiger partial charge in [0.05, 0.1) is 39.0 Å². The number of carbonyl (C=O) groups is 2. The van der Waals surface area contributed by atoms with Crippen LogP contribution in [0, 0.1) is 5.82 Å². The number of nitrogens with two attached hydrogens (primary N) is 1. The monoisotopic (exact) mass is 487 g/mol. The van der Waals surface area contributed by atoms with Crippen molar-refractivity contribution < 1.29 is 27.2 Å². The molecule has 2 aromatic carbocycles. The molecule has 3 N–H and O–H groups in total. The van der Waals surface area contributed by atoms with Gasteiger partial charge in [-0.15, -0.1) is 11.8 Å². The van der Waals surface area contributed by atoms with Crippen LogP contribution in [0.4, 0.5) is 17.6 Å². The molecule has 5 nitrogen and oxygen atoms in total. The number of rotatable bonds is 6. The van der Waals surface area contributed by atoms with Crippen molar-refractivity contribution in [1.29, 1.82) is 0 Å². The molecule has 0 spiro atoms. The van der Waals surface area contributed by atoms with E-state index in [1.165, 1.54) is 17.8 Å². The second kappa shape index (κ2) is 9.50. The summed E-state index contributed by atoms with van der Waals surface area (Å²) in [6.45, 7) is 1.53. The zero-order chi connectivity index (χ0) is 23.6. The maximum Gasteiger partial charge on any atom is 0.416 e. The van der Waals surface area contributed by atoms with Crippen LogP contribution in [-0.2, 0) is 17.4 Å². The van der Waals surface area contributed by atoms with E-state index in [2.05, 4.69) is 10.3 Å². The summed E-state index contributed by atoms with van der Waals surface area (Å²) in [7, 11) is 0. The Morgan fingerprint density at radius 2 is 1.94 bits per heavy atom. The Kier molecular flexibility index (Phi) is 7.14. The molecule has 3 rings (SSSR count). The van der Waals surface area contributed by atoms with Crippen molar-refractivity contribution >= 4 is 40.2 Å². The molecular formula is C21H18ClF4N3O2S. The van der Waals surface area contributed by atoms with Gasteiger partial charge < -0.3 is 11.1 Å². The van der Waals surface area contributed by atoms with Gasteiger partial charge >= 0.3 is 6.18 Å². The van der Waals surface area contributed by atoms with Crippen LogP contribution in [0.15, 0.2) is 41.4 Å². The van der Waals surface area contributed by atoms with E-state index in [1.54, 1.807) is 12.1 Å². The first-order valence-electron chi connectivity index (χ1n) is 9.40. The van der Waals surface area contributed by atoms with E-state index in [0.717, 1.165) is 17.7 Å². The first-order valence-corrected chi connectivity index (χ1v) is 10.7. The van der Waals surface area contributed by atoms with Crippen LogP contribution >= 0.6 is 23.4 Å². The van der Waals surface area contributed by atoms with E-state index in [-0.39, 0.29) is 40.4 Å². The zero-order valence-electron chi connectivity index (χ0n) is 16.7. The number of amides is 2. The Morgan fingerprint density at radius 1 is 1.22 bits per heavy atom. The normalized spacial score (nSPS) is 18.4. The Hall–Kier alpha value is -2.59. The Morgan fingerprint density at radius 3 is 2.56 bits per heavy atom. The summed E-state index contributed by atoms with van der Waals surface area (Å²) in [6.07, 6.45) is -4.58. The number of primary amides is 1. The lowest BCUT2D eigenvalue weighted by molar-refractivity contribution is -0.137. The van der Waals surface area contributed by atoms with Gasteiger partial charge in [-0.1, -0.05) is 17.7 Å². The first kappa shape index (κ1) is 24.1. The van der Waals surface area contributed by atoms with Crippen molar-refractivity contribution in [2.45, 2.75) is 30.8 Å². The van der Waals surface area contributed by atoms with Gasteiger partial charge in [-0.3, -0.25) is 14.6 Å². The van der Waals surface area contributed by atoms with Gasteiger partial charge in [-0.2, -0.15) is 13.2 Å². The molecule has 2 amide bonds. The third-order valence-corrected chi connectivity index (χ3v) is 6.43. The minimum absolute atomic E-state index is 0.0632. The van der Waals surface area contributed by atoms with Gasteiger partial charge in [0.15, 0.2) is 0 Å². The molecule has 1 aliphatic rings. The highest BCUT2D eigenvalue weighted by Gasteiger charge is 2.32. The zero-order valence-corrected chi connectivity index (χ0v) is 18.2. The molecule has 0 saturated carbocycles. The standard InChI is InChI=1S/C21H18ClF4N3O2S/c1-10-19(12-2-3-15(16(22)7-12)20(31)28-9-17(27)30)32-18(29-10)6-11-4-13(21(24,25)26)8-14(23)5-11/h2-5,7-8,10,19H,6,9H2,1H3,(H2,27,30)(H,28,31). The van der Waals surface area contributed by atoms with E-state index < -0.39 is 29.4 Å². The second-order valence-electron chi connectivity index (χ2n) is 7.21. The first-order chi connectivity index (χ1) is 14.9. The molecule has 0 aliphatic carbocycles. The van der Waals surface area contributed by atoms with Gasteiger partial charge in [0, 0.05) is 6.42 Å². The average Bonchev–Trinajstić information content (AvgIpc) is 3.04. The Balaban J connectivity index is 1.73. The van der Waals surface area contributed by atoms with Crippen molar-refractivity contribution in [1.82, 2.24) is 5.32 Å². The van der Waals surface area contributed by atoms with E-state index in [1.807, 2.05) is 6.92 Å². The lowest BCUT2D eigenvalue weighted by Gasteiger charge is -2.15. The number of hydrogen-bond acceptors (Lipinski definition) is 4. The SMILES string of the molecule is CC1N=C(Cc2cc(F)cc(C(F)(F)F)c2)SC1c1ccc(C(=O)NCC(N)=O)c(Cl)c1. The third kappa shape index (κ3) is 5.80. The fourth-order valence-corrected chi connectivity index (χ4v) is 4.84. The molecule has 0 aromatic heterocycles. The summed E-state index contributed by atoms with van der Waals surface area (Å²) in [5.74, 6) is -2.19. The molecule has 11 heteroatoms. The molecule has 0 bridgehead atoms. The maximum atomic E-state index is 13.7. The van der Waals surface area contributed by atoms with E-state index >= 15 is 0 Å².